The molecule has 31 heavy (non-hydrogen) atoms. The third kappa shape index (κ3) is 3.90. The van der Waals surface area contributed by atoms with E-state index in [1.807, 2.05) is 45.9 Å². The van der Waals surface area contributed by atoms with Gasteiger partial charge in [0.1, 0.15) is 0 Å². The first kappa shape index (κ1) is 19.7. The average molecular weight is 434 g/mol. The molecule has 0 fully saturated rings. The van der Waals surface area contributed by atoms with Crippen LogP contribution in [0, 0.1) is 0 Å². The Kier molecular flexibility index (Phi) is 5.38. The second kappa shape index (κ2) is 8.47. The van der Waals surface area contributed by atoms with Gasteiger partial charge in [0.05, 0.1) is 24.6 Å². The van der Waals surface area contributed by atoms with Crippen LogP contribution in [0.25, 0.3) is 11.6 Å². The molecular weight excluding hydrogens is 410 g/mol. The molecule has 7 nitrogen and oxygen atoms in total. The Morgan fingerprint density at radius 1 is 1.10 bits per heavy atom. The standard InChI is InChI=1S/C23H23N5O2S/c1-17-19-9-5-11-26(19)12-13-27(17)21(29)16-31-23-25-24-22(20-10-6-14-30-20)28(23)15-18-7-3-2-4-8-18/h2-11,14,17H,12-13,15-16H2,1H3. The Hall–Kier alpha value is -3.26. The molecule has 0 saturated carbocycles. The molecule has 3 aromatic heterocycles. The summed E-state index contributed by atoms with van der Waals surface area (Å²) in [4.78, 5) is 15.0. The Morgan fingerprint density at radius 2 is 1.97 bits per heavy atom. The van der Waals surface area contributed by atoms with Gasteiger partial charge in [0.2, 0.25) is 11.7 Å². The minimum atomic E-state index is 0.0673. The van der Waals surface area contributed by atoms with Gasteiger partial charge in [0.15, 0.2) is 10.9 Å². The van der Waals surface area contributed by atoms with E-state index in [9.17, 15) is 4.79 Å². The average Bonchev–Trinajstić information content (AvgIpc) is 3.54. The highest BCUT2D eigenvalue weighted by Gasteiger charge is 2.28. The van der Waals surface area contributed by atoms with Crippen LogP contribution in [-0.2, 0) is 17.9 Å². The summed E-state index contributed by atoms with van der Waals surface area (Å²) in [5.74, 6) is 1.75. The largest absolute Gasteiger partial charge is 0.461 e. The van der Waals surface area contributed by atoms with Gasteiger partial charge in [-0.3, -0.25) is 9.36 Å². The zero-order valence-corrected chi connectivity index (χ0v) is 18.0. The van der Waals surface area contributed by atoms with Gasteiger partial charge in [0, 0.05) is 25.0 Å². The molecule has 4 heterocycles. The summed E-state index contributed by atoms with van der Waals surface area (Å²) < 4.78 is 9.79. The van der Waals surface area contributed by atoms with E-state index in [2.05, 4.69) is 46.1 Å². The lowest BCUT2D eigenvalue weighted by Gasteiger charge is -2.34. The first-order valence-corrected chi connectivity index (χ1v) is 11.3. The zero-order chi connectivity index (χ0) is 21.2. The van der Waals surface area contributed by atoms with E-state index in [0.717, 1.165) is 18.7 Å². The van der Waals surface area contributed by atoms with Gasteiger partial charge in [-0.2, -0.15) is 0 Å². The molecule has 0 spiro atoms. The lowest BCUT2D eigenvalue weighted by molar-refractivity contribution is -0.131. The number of hydrogen-bond acceptors (Lipinski definition) is 5. The molecule has 5 rings (SSSR count). The quantitative estimate of drug-likeness (QED) is 0.429. The predicted octanol–water partition coefficient (Wildman–Crippen LogP) is 4.08. The fourth-order valence-corrected chi connectivity index (χ4v) is 4.84. The number of fused-ring (bicyclic) bond motifs is 1. The Balaban J connectivity index is 1.35. The maximum atomic E-state index is 13.0. The Bertz CT molecular complexity index is 1170. The van der Waals surface area contributed by atoms with Gasteiger partial charge in [-0.1, -0.05) is 42.1 Å². The van der Waals surface area contributed by atoms with Crippen LogP contribution in [-0.4, -0.2) is 42.4 Å². The molecule has 8 heteroatoms. The van der Waals surface area contributed by atoms with Crippen LogP contribution in [0.2, 0.25) is 0 Å². The number of thioether (sulfide) groups is 1. The Morgan fingerprint density at radius 3 is 2.77 bits per heavy atom. The van der Waals surface area contributed by atoms with E-state index >= 15 is 0 Å². The molecule has 4 aromatic rings. The second-order valence-electron chi connectivity index (χ2n) is 7.53. The minimum Gasteiger partial charge on any atom is -0.461 e. The topological polar surface area (TPSA) is 69.1 Å². The number of aromatic nitrogens is 4. The first-order chi connectivity index (χ1) is 15.2. The number of carbonyl (C=O) groups excluding carboxylic acids is 1. The van der Waals surface area contributed by atoms with E-state index < -0.39 is 0 Å². The maximum Gasteiger partial charge on any atom is 0.233 e. The van der Waals surface area contributed by atoms with Crippen LogP contribution >= 0.6 is 11.8 Å². The second-order valence-corrected chi connectivity index (χ2v) is 8.48. The van der Waals surface area contributed by atoms with Gasteiger partial charge in [0.25, 0.3) is 0 Å². The summed E-state index contributed by atoms with van der Waals surface area (Å²) in [5.41, 5.74) is 2.31. The monoisotopic (exact) mass is 433 g/mol. The molecule has 1 atom stereocenters. The lowest BCUT2D eigenvalue weighted by Crippen LogP contribution is -2.41. The summed E-state index contributed by atoms with van der Waals surface area (Å²) in [6.07, 6.45) is 3.70. The van der Waals surface area contributed by atoms with Crippen LogP contribution < -0.4 is 0 Å². The van der Waals surface area contributed by atoms with E-state index in [-0.39, 0.29) is 11.9 Å². The van der Waals surface area contributed by atoms with Gasteiger partial charge >= 0.3 is 0 Å². The highest BCUT2D eigenvalue weighted by molar-refractivity contribution is 7.99. The smallest absolute Gasteiger partial charge is 0.233 e. The van der Waals surface area contributed by atoms with Gasteiger partial charge in [-0.25, -0.2) is 0 Å². The SMILES string of the molecule is CC1c2cccn2CCN1C(=O)CSc1nnc(-c2ccco2)n1Cc1ccccc1. The molecule has 0 bridgehead atoms. The number of hydrogen-bond donors (Lipinski definition) is 0. The number of benzene rings is 1. The number of furan rings is 1. The normalized spacial score (nSPS) is 15.8. The fourth-order valence-electron chi connectivity index (χ4n) is 4.02. The molecule has 0 saturated heterocycles. The fraction of sp³-hybridized carbons (Fsp3) is 0.261. The molecule has 0 aliphatic carbocycles. The van der Waals surface area contributed by atoms with E-state index in [0.29, 0.717) is 29.0 Å². The molecule has 0 N–H and O–H groups in total. The third-order valence-electron chi connectivity index (χ3n) is 5.63. The molecule has 1 aliphatic heterocycles. The number of nitrogens with zero attached hydrogens (tertiary/aromatic N) is 5. The van der Waals surface area contributed by atoms with Crippen molar-refractivity contribution < 1.29 is 9.21 Å². The number of rotatable bonds is 6. The van der Waals surface area contributed by atoms with Crippen LogP contribution in [0.5, 0.6) is 0 Å². The molecule has 0 radical (unpaired) electrons. The van der Waals surface area contributed by atoms with Crippen LogP contribution in [0.15, 0.2) is 76.6 Å². The molecule has 1 amide bonds. The van der Waals surface area contributed by atoms with E-state index in [4.69, 9.17) is 4.42 Å². The van der Waals surface area contributed by atoms with Crippen molar-refractivity contribution in [2.45, 2.75) is 31.2 Å². The number of amides is 1. The zero-order valence-electron chi connectivity index (χ0n) is 17.2. The van der Waals surface area contributed by atoms with Crippen LogP contribution in [0.3, 0.4) is 0 Å². The first-order valence-electron chi connectivity index (χ1n) is 10.3. The summed E-state index contributed by atoms with van der Waals surface area (Å²) in [7, 11) is 0. The summed E-state index contributed by atoms with van der Waals surface area (Å²) in [6, 6.07) is 18.0. The van der Waals surface area contributed by atoms with E-state index in [1.165, 1.54) is 17.5 Å². The minimum absolute atomic E-state index is 0.0673. The summed E-state index contributed by atoms with van der Waals surface area (Å²) >= 11 is 1.42. The third-order valence-corrected chi connectivity index (χ3v) is 6.58. The van der Waals surface area contributed by atoms with Crippen molar-refractivity contribution in [3.8, 4) is 11.6 Å². The van der Waals surface area contributed by atoms with Crippen molar-refractivity contribution in [3.05, 3.63) is 78.3 Å². The molecular formula is C23H23N5O2S. The molecule has 1 aromatic carbocycles. The maximum absolute atomic E-state index is 13.0. The van der Waals surface area contributed by atoms with Crippen molar-refractivity contribution in [1.29, 1.82) is 0 Å². The highest BCUT2D eigenvalue weighted by Crippen LogP contribution is 2.29. The molecule has 158 valence electrons. The van der Waals surface area contributed by atoms with Gasteiger partial charge in [-0.15, -0.1) is 10.2 Å². The van der Waals surface area contributed by atoms with Crippen molar-refractivity contribution in [3.63, 3.8) is 0 Å². The highest BCUT2D eigenvalue weighted by atomic mass is 32.2. The van der Waals surface area contributed by atoms with E-state index in [1.54, 1.807) is 6.26 Å². The van der Waals surface area contributed by atoms with Crippen molar-refractivity contribution in [1.82, 2.24) is 24.2 Å². The molecule has 1 unspecified atom stereocenters. The van der Waals surface area contributed by atoms with Crippen molar-refractivity contribution >= 4 is 17.7 Å². The number of carbonyl (C=O) groups is 1. The molecule has 1 aliphatic rings. The van der Waals surface area contributed by atoms with Gasteiger partial charge < -0.3 is 13.9 Å². The van der Waals surface area contributed by atoms with Crippen LogP contribution in [0.4, 0.5) is 0 Å². The van der Waals surface area contributed by atoms with Gasteiger partial charge in [-0.05, 0) is 36.8 Å². The van der Waals surface area contributed by atoms with Crippen LogP contribution in [0.1, 0.15) is 24.2 Å². The lowest BCUT2D eigenvalue weighted by atomic mass is 10.1. The predicted molar refractivity (Wildman–Crippen MR) is 119 cm³/mol. The summed E-state index contributed by atoms with van der Waals surface area (Å²) in [6.45, 7) is 4.24. The Labute approximate surface area is 184 Å². The summed E-state index contributed by atoms with van der Waals surface area (Å²) in [5, 5.41) is 9.43. The van der Waals surface area contributed by atoms with Crippen molar-refractivity contribution in [2.75, 3.05) is 12.3 Å². The van der Waals surface area contributed by atoms with Crippen molar-refractivity contribution in [2.24, 2.45) is 0 Å².